The summed E-state index contributed by atoms with van der Waals surface area (Å²) in [5.41, 5.74) is 0.896. The normalized spacial score (nSPS) is 11.4. The molecule has 2 aromatic heterocycles. The Morgan fingerprint density at radius 2 is 1.83 bits per heavy atom. The van der Waals surface area contributed by atoms with Crippen molar-refractivity contribution in [1.82, 2.24) is 25.3 Å². The van der Waals surface area contributed by atoms with Gasteiger partial charge in [-0.2, -0.15) is 9.97 Å². The van der Waals surface area contributed by atoms with Crippen LogP contribution in [-0.4, -0.2) is 38.9 Å². The summed E-state index contributed by atoms with van der Waals surface area (Å²) in [7, 11) is 0. The van der Waals surface area contributed by atoms with Crippen LogP contribution in [0.4, 0.5) is 27.8 Å². The van der Waals surface area contributed by atoms with E-state index in [0.717, 1.165) is 5.56 Å². The van der Waals surface area contributed by atoms with E-state index in [4.69, 9.17) is 0 Å². The van der Waals surface area contributed by atoms with Gasteiger partial charge in [0.15, 0.2) is 0 Å². The Labute approximate surface area is 173 Å². The topological polar surface area (TPSA) is 117 Å². The summed E-state index contributed by atoms with van der Waals surface area (Å²) in [6.07, 6.45) is 4.74. The first kappa shape index (κ1) is 20.9. The fraction of sp³-hybridized carbons (Fsp3) is 0.250. The fourth-order valence-corrected chi connectivity index (χ4v) is 2.62. The molecule has 0 aliphatic rings. The van der Waals surface area contributed by atoms with Gasteiger partial charge in [0.1, 0.15) is 23.3 Å². The lowest BCUT2D eigenvalue weighted by Gasteiger charge is -2.16. The molecule has 3 rings (SSSR count). The van der Waals surface area contributed by atoms with Crippen LogP contribution in [0, 0.1) is 5.82 Å². The lowest BCUT2D eigenvalue weighted by Crippen LogP contribution is -2.26. The Hall–Kier alpha value is -3.82. The van der Waals surface area contributed by atoms with Gasteiger partial charge >= 0.3 is 0 Å². The summed E-state index contributed by atoms with van der Waals surface area (Å²) in [6, 6.07) is 7.83. The number of halogens is 1. The average molecular weight is 410 g/mol. The highest BCUT2D eigenvalue weighted by Crippen LogP contribution is 2.21. The number of hydrogen-bond donors (Lipinski definition) is 4. The highest BCUT2D eigenvalue weighted by molar-refractivity contribution is 5.72. The SMILES string of the molecule is CC(=O)NCCNc1cc(Nc2cnccn2)nc(NC(C)c2ccc(F)cc2)n1. The van der Waals surface area contributed by atoms with Gasteiger partial charge in [-0.05, 0) is 24.6 Å². The smallest absolute Gasteiger partial charge is 0.227 e. The number of rotatable bonds is 9. The highest BCUT2D eigenvalue weighted by atomic mass is 19.1. The van der Waals surface area contributed by atoms with Crippen LogP contribution in [0.25, 0.3) is 0 Å². The van der Waals surface area contributed by atoms with Gasteiger partial charge in [0.2, 0.25) is 11.9 Å². The van der Waals surface area contributed by atoms with Crippen molar-refractivity contribution in [2.45, 2.75) is 19.9 Å². The Kier molecular flexibility index (Phi) is 7.04. The van der Waals surface area contributed by atoms with Crippen molar-refractivity contribution < 1.29 is 9.18 Å². The minimum Gasteiger partial charge on any atom is -0.368 e. The number of carbonyl (C=O) groups is 1. The number of amides is 1. The number of nitrogens with zero attached hydrogens (tertiary/aromatic N) is 4. The van der Waals surface area contributed by atoms with Gasteiger partial charge in [0, 0.05) is 38.5 Å². The third-order valence-corrected chi connectivity index (χ3v) is 4.07. The second kappa shape index (κ2) is 10.1. The second-order valence-electron chi connectivity index (χ2n) is 6.51. The zero-order valence-electron chi connectivity index (χ0n) is 16.7. The molecule has 3 aromatic rings. The molecule has 0 radical (unpaired) electrons. The van der Waals surface area contributed by atoms with E-state index < -0.39 is 0 Å². The summed E-state index contributed by atoms with van der Waals surface area (Å²) in [5.74, 6) is 1.61. The van der Waals surface area contributed by atoms with Crippen LogP contribution in [0.1, 0.15) is 25.5 Å². The van der Waals surface area contributed by atoms with Crippen molar-refractivity contribution in [3.8, 4) is 0 Å². The Morgan fingerprint density at radius 3 is 2.53 bits per heavy atom. The van der Waals surface area contributed by atoms with Crippen LogP contribution in [0.15, 0.2) is 48.9 Å². The minimum atomic E-state index is -0.289. The standard InChI is InChI=1S/C20H23FN8O/c1-13(15-3-5-16(21)6-4-15)26-20-28-17(24-10-9-23-14(2)30)11-18(29-20)27-19-12-22-7-8-25-19/h3-8,11-13H,9-10H2,1-2H3,(H,23,30)(H3,24,25,26,27,28,29). The maximum Gasteiger partial charge on any atom is 0.227 e. The number of anilines is 4. The van der Waals surface area contributed by atoms with Gasteiger partial charge in [0.25, 0.3) is 0 Å². The van der Waals surface area contributed by atoms with Crippen molar-refractivity contribution in [3.05, 3.63) is 60.3 Å². The molecule has 2 heterocycles. The highest BCUT2D eigenvalue weighted by Gasteiger charge is 2.11. The predicted octanol–water partition coefficient (Wildman–Crippen LogP) is 2.87. The van der Waals surface area contributed by atoms with E-state index in [1.807, 2.05) is 6.92 Å². The molecule has 1 aromatic carbocycles. The first-order valence-electron chi connectivity index (χ1n) is 9.42. The summed E-state index contributed by atoms with van der Waals surface area (Å²) >= 11 is 0. The van der Waals surface area contributed by atoms with Gasteiger partial charge in [0.05, 0.1) is 12.2 Å². The molecule has 0 aliphatic carbocycles. The van der Waals surface area contributed by atoms with E-state index in [-0.39, 0.29) is 17.8 Å². The Morgan fingerprint density at radius 1 is 1.07 bits per heavy atom. The second-order valence-corrected chi connectivity index (χ2v) is 6.51. The summed E-state index contributed by atoms with van der Waals surface area (Å²) in [4.78, 5) is 28.2. The molecule has 0 fully saturated rings. The molecule has 1 unspecified atom stereocenters. The molecule has 0 saturated heterocycles. The molecule has 1 amide bonds. The van der Waals surface area contributed by atoms with E-state index in [2.05, 4.69) is 41.2 Å². The molecule has 9 nitrogen and oxygen atoms in total. The summed E-state index contributed by atoms with van der Waals surface area (Å²) < 4.78 is 13.2. The quantitative estimate of drug-likeness (QED) is 0.398. The van der Waals surface area contributed by atoms with E-state index in [9.17, 15) is 9.18 Å². The van der Waals surface area contributed by atoms with Crippen molar-refractivity contribution in [3.63, 3.8) is 0 Å². The first-order chi connectivity index (χ1) is 14.5. The van der Waals surface area contributed by atoms with Crippen LogP contribution in [-0.2, 0) is 4.79 Å². The molecule has 1 atom stereocenters. The fourth-order valence-electron chi connectivity index (χ4n) is 2.62. The first-order valence-corrected chi connectivity index (χ1v) is 9.42. The maximum absolute atomic E-state index is 13.2. The molecule has 0 saturated carbocycles. The van der Waals surface area contributed by atoms with E-state index in [0.29, 0.717) is 36.5 Å². The number of aromatic nitrogens is 4. The third-order valence-electron chi connectivity index (χ3n) is 4.07. The van der Waals surface area contributed by atoms with Gasteiger partial charge in [-0.1, -0.05) is 12.1 Å². The van der Waals surface area contributed by atoms with Crippen LogP contribution in [0.2, 0.25) is 0 Å². The Bertz CT molecular complexity index is 968. The predicted molar refractivity (Wildman–Crippen MR) is 113 cm³/mol. The zero-order valence-corrected chi connectivity index (χ0v) is 16.7. The van der Waals surface area contributed by atoms with Crippen molar-refractivity contribution in [2.75, 3.05) is 29.0 Å². The lowest BCUT2D eigenvalue weighted by molar-refractivity contribution is -0.118. The molecule has 0 spiro atoms. The molecule has 0 aliphatic heterocycles. The van der Waals surface area contributed by atoms with Crippen LogP contribution in [0.3, 0.4) is 0 Å². The van der Waals surface area contributed by atoms with E-state index in [1.54, 1.807) is 36.8 Å². The van der Waals surface area contributed by atoms with Gasteiger partial charge < -0.3 is 21.3 Å². The number of nitrogens with one attached hydrogen (secondary N) is 4. The van der Waals surface area contributed by atoms with Crippen molar-refractivity contribution in [1.29, 1.82) is 0 Å². The summed E-state index contributed by atoms with van der Waals surface area (Å²) in [5, 5.41) is 12.2. The minimum absolute atomic E-state index is 0.0972. The molecule has 10 heteroatoms. The van der Waals surface area contributed by atoms with Crippen molar-refractivity contribution in [2.24, 2.45) is 0 Å². The number of carbonyl (C=O) groups excluding carboxylic acids is 1. The van der Waals surface area contributed by atoms with Crippen LogP contribution in [0.5, 0.6) is 0 Å². The Balaban J connectivity index is 1.77. The maximum atomic E-state index is 13.2. The largest absolute Gasteiger partial charge is 0.368 e. The van der Waals surface area contributed by atoms with Crippen LogP contribution >= 0.6 is 0 Å². The monoisotopic (exact) mass is 410 g/mol. The van der Waals surface area contributed by atoms with Crippen LogP contribution < -0.4 is 21.3 Å². The molecular formula is C20H23FN8O. The third kappa shape index (κ3) is 6.36. The average Bonchev–Trinajstić information content (AvgIpc) is 2.72. The van der Waals surface area contributed by atoms with E-state index >= 15 is 0 Å². The molecular weight excluding hydrogens is 387 g/mol. The number of benzene rings is 1. The van der Waals surface area contributed by atoms with Gasteiger partial charge in [-0.15, -0.1) is 0 Å². The molecule has 0 bridgehead atoms. The van der Waals surface area contributed by atoms with Gasteiger partial charge in [-0.3, -0.25) is 9.78 Å². The van der Waals surface area contributed by atoms with E-state index in [1.165, 1.54) is 19.1 Å². The molecule has 4 N–H and O–H groups in total. The number of hydrogen-bond acceptors (Lipinski definition) is 8. The molecule has 30 heavy (non-hydrogen) atoms. The van der Waals surface area contributed by atoms with Gasteiger partial charge in [-0.25, -0.2) is 9.37 Å². The van der Waals surface area contributed by atoms with Crippen molar-refractivity contribution >= 4 is 29.3 Å². The zero-order chi connectivity index (χ0) is 21.3. The lowest BCUT2D eigenvalue weighted by atomic mass is 10.1. The molecule has 156 valence electrons. The summed E-state index contributed by atoms with van der Waals surface area (Å²) in [6.45, 7) is 4.35.